The summed E-state index contributed by atoms with van der Waals surface area (Å²) in [6, 6.07) is 50.6. The van der Waals surface area contributed by atoms with Crippen molar-refractivity contribution in [1.29, 1.82) is 0 Å². The first-order valence-corrected chi connectivity index (χ1v) is 13.3. The number of benzene rings is 6. The maximum absolute atomic E-state index is 6.25. The van der Waals surface area contributed by atoms with Crippen LogP contribution in [0.1, 0.15) is 0 Å². The normalized spacial score (nSPS) is 11.2. The molecule has 0 N–H and O–H groups in total. The molecule has 3 heteroatoms. The van der Waals surface area contributed by atoms with Gasteiger partial charge in [0.15, 0.2) is 0 Å². The van der Waals surface area contributed by atoms with Crippen LogP contribution in [0, 0.1) is 0 Å². The molecule has 6 aromatic carbocycles. The van der Waals surface area contributed by atoms with Crippen LogP contribution >= 0.6 is 11.6 Å². The van der Waals surface area contributed by atoms with Gasteiger partial charge in [-0.3, -0.25) is 0 Å². The van der Waals surface area contributed by atoms with E-state index in [0.29, 0.717) is 5.02 Å². The van der Waals surface area contributed by atoms with Crippen LogP contribution in [0.25, 0.3) is 44.2 Å². The zero-order valence-electron chi connectivity index (χ0n) is 21.1. The molecule has 0 aliphatic carbocycles. The average Bonchev–Trinajstić information content (AvgIpc) is 3.35. The van der Waals surface area contributed by atoms with Crippen molar-refractivity contribution in [3.05, 3.63) is 151 Å². The molecule has 1 heterocycles. The maximum atomic E-state index is 6.25. The van der Waals surface area contributed by atoms with E-state index in [9.17, 15) is 0 Å². The minimum atomic E-state index is 0.666. The summed E-state index contributed by atoms with van der Waals surface area (Å²) >= 11 is 6.25. The Hall–Kier alpha value is -4.79. The minimum absolute atomic E-state index is 0.666. The molecule has 0 saturated carbocycles. The van der Waals surface area contributed by atoms with E-state index < -0.39 is 0 Å². The molecule has 0 radical (unpaired) electrons. The van der Waals surface area contributed by atoms with Gasteiger partial charge in [-0.15, -0.1) is 0 Å². The summed E-state index contributed by atoms with van der Waals surface area (Å²) in [5.41, 5.74) is 9.53. The van der Waals surface area contributed by atoms with Gasteiger partial charge in [-0.05, 0) is 82.9 Å². The molecule has 0 unspecified atom stereocenters. The smallest absolute Gasteiger partial charge is 0.136 e. The number of nitrogens with zero attached hydrogens (tertiary/aromatic N) is 1. The van der Waals surface area contributed by atoms with Crippen molar-refractivity contribution < 1.29 is 4.42 Å². The zero-order chi connectivity index (χ0) is 26.2. The van der Waals surface area contributed by atoms with Crippen molar-refractivity contribution in [2.45, 2.75) is 0 Å². The fourth-order valence-electron chi connectivity index (χ4n) is 5.24. The summed E-state index contributed by atoms with van der Waals surface area (Å²) in [5.74, 6) is 0. The molecule has 0 aliphatic heterocycles. The molecular formula is C36H24ClNO. The zero-order valence-corrected chi connectivity index (χ0v) is 21.8. The predicted octanol–water partition coefficient (Wildman–Crippen LogP) is 11.0. The van der Waals surface area contributed by atoms with E-state index >= 15 is 0 Å². The van der Waals surface area contributed by atoms with Gasteiger partial charge < -0.3 is 9.32 Å². The van der Waals surface area contributed by atoms with Crippen molar-refractivity contribution in [2.75, 3.05) is 4.90 Å². The third-order valence-corrected chi connectivity index (χ3v) is 7.31. The van der Waals surface area contributed by atoms with Gasteiger partial charge in [0.2, 0.25) is 0 Å². The van der Waals surface area contributed by atoms with Gasteiger partial charge in [0.1, 0.15) is 11.2 Å². The van der Waals surface area contributed by atoms with Gasteiger partial charge in [0.25, 0.3) is 0 Å². The van der Waals surface area contributed by atoms with Gasteiger partial charge in [-0.2, -0.15) is 0 Å². The first kappa shape index (κ1) is 23.3. The lowest BCUT2D eigenvalue weighted by molar-refractivity contribution is 0.669. The molecule has 7 aromatic rings. The molecule has 7 rings (SSSR count). The fourth-order valence-corrected chi connectivity index (χ4v) is 5.40. The molecule has 186 valence electrons. The van der Waals surface area contributed by atoms with E-state index in [4.69, 9.17) is 16.0 Å². The number of rotatable bonds is 5. The van der Waals surface area contributed by atoms with E-state index in [0.717, 1.165) is 50.1 Å². The van der Waals surface area contributed by atoms with Gasteiger partial charge in [-0.1, -0.05) is 90.5 Å². The Labute approximate surface area is 232 Å². The maximum Gasteiger partial charge on any atom is 0.136 e. The first-order chi connectivity index (χ1) is 19.2. The second-order valence-corrected chi connectivity index (χ2v) is 10.0. The van der Waals surface area contributed by atoms with Crippen molar-refractivity contribution in [2.24, 2.45) is 0 Å². The van der Waals surface area contributed by atoms with Crippen LogP contribution in [0.2, 0.25) is 5.02 Å². The summed E-state index contributed by atoms with van der Waals surface area (Å²) in [6.07, 6.45) is 0. The Balaban J connectivity index is 1.47. The Bertz CT molecular complexity index is 1850. The van der Waals surface area contributed by atoms with Crippen LogP contribution < -0.4 is 4.90 Å². The Morgan fingerprint density at radius 1 is 0.410 bits per heavy atom. The standard InChI is InChI=1S/C36H24ClNO/c37-29-16-18-33-34-24-31(17-19-35(34)39-36(33)23-29)38(30-14-8-3-9-15-30)32-21-27(25-10-4-1-5-11-25)20-28(22-32)26-12-6-2-7-13-26/h1-24H. The number of halogens is 1. The third-order valence-electron chi connectivity index (χ3n) is 7.08. The first-order valence-electron chi connectivity index (χ1n) is 13.0. The third kappa shape index (κ3) is 4.46. The van der Waals surface area contributed by atoms with E-state index in [-0.39, 0.29) is 0 Å². The van der Waals surface area contributed by atoms with Gasteiger partial charge in [0.05, 0.1) is 0 Å². The van der Waals surface area contributed by atoms with Crippen LogP contribution in [-0.2, 0) is 0 Å². The largest absolute Gasteiger partial charge is 0.456 e. The number of fused-ring (bicyclic) bond motifs is 3. The van der Waals surface area contributed by atoms with Crippen molar-refractivity contribution in [3.63, 3.8) is 0 Å². The fraction of sp³-hybridized carbons (Fsp3) is 0. The second kappa shape index (κ2) is 9.83. The van der Waals surface area contributed by atoms with Gasteiger partial charge in [-0.25, -0.2) is 0 Å². The van der Waals surface area contributed by atoms with E-state index in [1.807, 2.05) is 30.3 Å². The van der Waals surface area contributed by atoms with Crippen LogP contribution in [0.3, 0.4) is 0 Å². The number of para-hydroxylation sites is 1. The molecule has 0 spiro atoms. The summed E-state index contributed by atoms with van der Waals surface area (Å²) in [7, 11) is 0. The summed E-state index contributed by atoms with van der Waals surface area (Å²) in [4.78, 5) is 2.31. The molecule has 39 heavy (non-hydrogen) atoms. The lowest BCUT2D eigenvalue weighted by Crippen LogP contribution is -2.10. The Kier molecular flexibility index (Phi) is 5.88. The van der Waals surface area contributed by atoms with Crippen molar-refractivity contribution in [1.82, 2.24) is 0 Å². The molecule has 0 amide bonds. The monoisotopic (exact) mass is 521 g/mol. The molecule has 0 saturated heterocycles. The molecule has 0 atom stereocenters. The molecule has 0 fully saturated rings. The van der Waals surface area contributed by atoms with Gasteiger partial charge >= 0.3 is 0 Å². The van der Waals surface area contributed by atoms with E-state index in [1.54, 1.807) is 0 Å². The highest BCUT2D eigenvalue weighted by Gasteiger charge is 2.17. The van der Waals surface area contributed by atoms with E-state index in [1.165, 1.54) is 11.1 Å². The van der Waals surface area contributed by atoms with Gasteiger partial charge in [0, 0.05) is 38.9 Å². The molecule has 0 bridgehead atoms. The van der Waals surface area contributed by atoms with E-state index in [2.05, 4.69) is 120 Å². The lowest BCUT2D eigenvalue weighted by atomic mass is 9.97. The number of furan rings is 1. The molecule has 1 aromatic heterocycles. The molecule has 2 nitrogen and oxygen atoms in total. The molecule has 0 aliphatic rings. The van der Waals surface area contributed by atoms with Crippen molar-refractivity contribution >= 4 is 50.6 Å². The van der Waals surface area contributed by atoms with Crippen LogP contribution in [-0.4, -0.2) is 0 Å². The average molecular weight is 522 g/mol. The summed E-state index contributed by atoms with van der Waals surface area (Å²) in [5, 5.41) is 2.77. The minimum Gasteiger partial charge on any atom is -0.456 e. The van der Waals surface area contributed by atoms with Crippen LogP contribution in [0.15, 0.2) is 150 Å². The van der Waals surface area contributed by atoms with Crippen LogP contribution in [0.5, 0.6) is 0 Å². The SMILES string of the molecule is Clc1ccc2c(c1)oc1ccc(N(c3ccccc3)c3cc(-c4ccccc4)cc(-c4ccccc4)c3)cc12. The summed E-state index contributed by atoms with van der Waals surface area (Å²) in [6.45, 7) is 0. The highest BCUT2D eigenvalue weighted by molar-refractivity contribution is 6.31. The predicted molar refractivity (Wildman–Crippen MR) is 164 cm³/mol. The Morgan fingerprint density at radius 3 is 1.67 bits per heavy atom. The highest BCUT2D eigenvalue weighted by Crippen LogP contribution is 2.41. The van der Waals surface area contributed by atoms with Crippen molar-refractivity contribution in [3.8, 4) is 22.3 Å². The highest BCUT2D eigenvalue weighted by atomic mass is 35.5. The number of hydrogen-bond donors (Lipinski definition) is 0. The quantitative estimate of drug-likeness (QED) is 0.224. The summed E-state index contributed by atoms with van der Waals surface area (Å²) < 4.78 is 6.13. The number of anilines is 3. The molecular weight excluding hydrogens is 498 g/mol. The number of hydrogen-bond acceptors (Lipinski definition) is 2. The lowest BCUT2D eigenvalue weighted by Gasteiger charge is -2.27. The van der Waals surface area contributed by atoms with Crippen LogP contribution in [0.4, 0.5) is 17.1 Å². The Morgan fingerprint density at radius 2 is 1.03 bits per heavy atom. The topological polar surface area (TPSA) is 16.4 Å². The second-order valence-electron chi connectivity index (χ2n) is 9.59.